The second-order valence-corrected chi connectivity index (χ2v) is 8.19. The Morgan fingerprint density at radius 3 is 2.33 bits per heavy atom. The summed E-state index contributed by atoms with van der Waals surface area (Å²) in [5.74, 6) is -1.57. The summed E-state index contributed by atoms with van der Waals surface area (Å²) in [6, 6.07) is 20.0. The number of hydrogen-bond donors (Lipinski definition) is 0. The first-order chi connectivity index (χ1) is 14.5. The summed E-state index contributed by atoms with van der Waals surface area (Å²) in [7, 11) is 0. The third-order valence-corrected chi connectivity index (χ3v) is 6.17. The van der Waals surface area contributed by atoms with Crippen molar-refractivity contribution >= 4 is 34.5 Å². The summed E-state index contributed by atoms with van der Waals surface area (Å²) >= 11 is 7.62. The van der Waals surface area contributed by atoms with Gasteiger partial charge in [-0.3, -0.25) is 9.59 Å². The van der Waals surface area contributed by atoms with Crippen molar-refractivity contribution in [3.05, 3.63) is 106 Å². The lowest BCUT2D eigenvalue weighted by atomic mass is 9.90. The Bertz CT molecular complexity index is 1240. The van der Waals surface area contributed by atoms with Gasteiger partial charge in [0.15, 0.2) is 0 Å². The molecule has 4 rings (SSSR count). The first kappa shape index (κ1) is 20.2. The molecule has 2 nitrogen and oxygen atoms in total. The zero-order valence-corrected chi connectivity index (χ0v) is 17.6. The molecule has 0 saturated heterocycles. The minimum atomic E-state index is -0.619. The van der Waals surface area contributed by atoms with E-state index < -0.39 is 11.6 Å². The lowest BCUT2D eigenvalue weighted by Crippen LogP contribution is -2.16. The normalized spacial score (nSPS) is 10.8. The maximum Gasteiger partial charge on any atom is 0.234 e. The van der Waals surface area contributed by atoms with E-state index in [0.717, 1.165) is 21.6 Å². The molecule has 0 unspecified atom stereocenters. The van der Waals surface area contributed by atoms with Gasteiger partial charge in [0.25, 0.3) is 0 Å². The minimum absolute atomic E-state index is 0.250. The molecule has 1 aromatic heterocycles. The van der Waals surface area contributed by atoms with Gasteiger partial charge in [0.05, 0.1) is 0 Å². The van der Waals surface area contributed by atoms with Gasteiger partial charge in [-0.05, 0) is 53.3 Å². The molecule has 0 atom stereocenters. The molecule has 0 aliphatic heterocycles. The summed E-state index contributed by atoms with van der Waals surface area (Å²) in [4.78, 5) is 27.1. The van der Waals surface area contributed by atoms with Gasteiger partial charge in [-0.1, -0.05) is 60.1 Å². The third-order valence-electron chi connectivity index (χ3n) is 4.87. The molecule has 0 saturated carbocycles. The number of thiophene rings is 1. The van der Waals surface area contributed by atoms with Gasteiger partial charge in [0, 0.05) is 26.6 Å². The number of Topliss-reactive ketones (excluding diaryl/α,β-unsaturated/α-hetero) is 2. The van der Waals surface area contributed by atoms with Crippen LogP contribution in [-0.2, 0) is 0 Å². The van der Waals surface area contributed by atoms with Crippen molar-refractivity contribution in [2.75, 3.05) is 0 Å². The molecule has 5 heteroatoms. The maximum atomic E-state index is 13.4. The van der Waals surface area contributed by atoms with Crippen LogP contribution in [0.2, 0.25) is 5.02 Å². The Balaban J connectivity index is 1.86. The Hall–Kier alpha value is -3.08. The van der Waals surface area contributed by atoms with E-state index in [0.29, 0.717) is 16.1 Å². The van der Waals surface area contributed by atoms with E-state index in [1.54, 1.807) is 36.4 Å². The van der Waals surface area contributed by atoms with Gasteiger partial charge in [-0.2, -0.15) is 0 Å². The standard InChI is InChI=1S/C25H16ClFO2S/c1-15-7-8-17(14-21(15)26)24(28)25(29)20-5-2-4-19(16-9-11-18(27)12-10-16)23(20)22-6-3-13-30-22/h2-14H,1H3. The van der Waals surface area contributed by atoms with Crippen LogP contribution < -0.4 is 0 Å². The molecule has 3 aromatic carbocycles. The van der Waals surface area contributed by atoms with E-state index in [-0.39, 0.29) is 11.4 Å². The van der Waals surface area contributed by atoms with Crippen molar-refractivity contribution in [1.82, 2.24) is 0 Å². The Morgan fingerprint density at radius 2 is 1.67 bits per heavy atom. The predicted molar refractivity (Wildman–Crippen MR) is 120 cm³/mol. The number of benzene rings is 3. The Kier molecular flexibility index (Phi) is 5.62. The van der Waals surface area contributed by atoms with Gasteiger partial charge in [-0.15, -0.1) is 11.3 Å². The second-order valence-electron chi connectivity index (χ2n) is 6.83. The number of rotatable bonds is 5. The van der Waals surface area contributed by atoms with Crippen molar-refractivity contribution in [2.45, 2.75) is 6.92 Å². The Morgan fingerprint density at radius 1 is 0.900 bits per heavy atom. The van der Waals surface area contributed by atoms with Crippen LogP contribution in [0.3, 0.4) is 0 Å². The minimum Gasteiger partial charge on any atom is -0.285 e. The van der Waals surface area contributed by atoms with Crippen molar-refractivity contribution in [1.29, 1.82) is 0 Å². The summed E-state index contributed by atoms with van der Waals surface area (Å²) in [5.41, 5.74) is 3.58. The van der Waals surface area contributed by atoms with E-state index in [4.69, 9.17) is 11.6 Å². The first-order valence-corrected chi connectivity index (χ1v) is 10.5. The monoisotopic (exact) mass is 434 g/mol. The average Bonchev–Trinajstić information content (AvgIpc) is 3.29. The van der Waals surface area contributed by atoms with Crippen molar-refractivity contribution in [3.63, 3.8) is 0 Å². The molecule has 0 radical (unpaired) electrons. The van der Waals surface area contributed by atoms with Crippen molar-refractivity contribution in [3.8, 4) is 21.6 Å². The second kappa shape index (κ2) is 8.34. The SMILES string of the molecule is Cc1ccc(C(=O)C(=O)c2cccc(-c3ccc(F)cc3)c2-c2cccs2)cc1Cl. The fraction of sp³-hybridized carbons (Fsp3) is 0.0400. The highest BCUT2D eigenvalue weighted by atomic mass is 35.5. The van der Waals surface area contributed by atoms with Gasteiger partial charge in [-0.25, -0.2) is 4.39 Å². The van der Waals surface area contributed by atoms with E-state index in [2.05, 4.69) is 0 Å². The molecule has 0 bridgehead atoms. The molecule has 0 N–H and O–H groups in total. The molecule has 0 aliphatic rings. The van der Waals surface area contributed by atoms with Crippen LogP contribution in [0.25, 0.3) is 21.6 Å². The van der Waals surface area contributed by atoms with E-state index in [9.17, 15) is 14.0 Å². The fourth-order valence-electron chi connectivity index (χ4n) is 3.29. The molecule has 0 aliphatic carbocycles. The van der Waals surface area contributed by atoms with Crippen LogP contribution in [0.1, 0.15) is 26.3 Å². The summed E-state index contributed by atoms with van der Waals surface area (Å²) in [5, 5.41) is 2.35. The lowest BCUT2D eigenvalue weighted by molar-refractivity contribution is 0.0817. The number of aryl methyl sites for hydroxylation is 1. The zero-order chi connectivity index (χ0) is 21.3. The molecular formula is C25H16ClFO2S. The molecule has 4 aromatic rings. The van der Waals surface area contributed by atoms with Crippen LogP contribution >= 0.6 is 22.9 Å². The molecule has 0 spiro atoms. The summed E-state index contributed by atoms with van der Waals surface area (Å²) in [6.45, 7) is 1.83. The van der Waals surface area contributed by atoms with E-state index in [1.165, 1.54) is 29.5 Å². The molecule has 0 fully saturated rings. The largest absolute Gasteiger partial charge is 0.285 e. The van der Waals surface area contributed by atoms with Crippen LogP contribution in [0.15, 0.2) is 78.2 Å². The predicted octanol–water partition coefficient (Wildman–Crippen LogP) is 7.25. The number of carbonyl (C=O) groups excluding carboxylic acids is 2. The number of hydrogen-bond acceptors (Lipinski definition) is 3. The highest BCUT2D eigenvalue weighted by Crippen LogP contribution is 2.38. The molecule has 1 heterocycles. The highest BCUT2D eigenvalue weighted by molar-refractivity contribution is 7.13. The molecule has 0 amide bonds. The van der Waals surface area contributed by atoms with Crippen LogP contribution in [0, 0.1) is 12.7 Å². The lowest BCUT2D eigenvalue weighted by Gasteiger charge is -2.13. The zero-order valence-electron chi connectivity index (χ0n) is 16.0. The number of carbonyl (C=O) groups is 2. The molecule has 30 heavy (non-hydrogen) atoms. The third kappa shape index (κ3) is 3.84. The summed E-state index contributed by atoms with van der Waals surface area (Å²) < 4.78 is 13.4. The first-order valence-electron chi connectivity index (χ1n) is 9.23. The van der Waals surface area contributed by atoms with Gasteiger partial charge in [0.2, 0.25) is 11.6 Å². The molecule has 148 valence electrons. The van der Waals surface area contributed by atoms with E-state index >= 15 is 0 Å². The fourth-order valence-corrected chi connectivity index (χ4v) is 4.26. The smallest absolute Gasteiger partial charge is 0.234 e. The molecular weight excluding hydrogens is 419 g/mol. The summed E-state index contributed by atoms with van der Waals surface area (Å²) in [6.07, 6.45) is 0. The van der Waals surface area contributed by atoms with Gasteiger partial charge >= 0.3 is 0 Å². The highest BCUT2D eigenvalue weighted by Gasteiger charge is 2.24. The van der Waals surface area contributed by atoms with Crippen molar-refractivity contribution < 1.29 is 14.0 Å². The Labute approximate surface area is 182 Å². The average molecular weight is 435 g/mol. The maximum absolute atomic E-state index is 13.4. The quantitative estimate of drug-likeness (QED) is 0.245. The van der Waals surface area contributed by atoms with Crippen LogP contribution in [-0.4, -0.2) is 11.6 Å². The topological polar surface area (TPSA) is 34.1 Å². The van der Waals surface area contributed by atoms with Gasteiger partial charge < -0.3 is 0 Å². The van der Waals surface area contributed by atoms with Crippen molar-refractivity contribution in [2.24, 2.45) is 0 Å². The van der Waals surface area contributed by atoms with Crippen LogP contribution in [0.5, 0.6) is 0 Å². The van der Waals surface area contributed by atoms with E-state index in [1.807, 2.05) is 30.5 Å². The van der Waals surface area contributed by atoms with Crippen LogP contribution in [0.4, 0.5) is 4.39 Å². The number of ketones is 2. The van der Waals surface area contributed by atoms with Gasteiger partial charge in [0.1, 0.15) is 5.82 Å². The number of halogens is 2.